The highest BCUT2D eigenvalue weighted by Crippen LogP contribution is 2.29. The quantitative estimate of drug-likeness (QED) is 0.738. The standard InChI is InChI=1S/C19H21FN4/c1-23-12-18(11-22-23)14-2-3-15-10-21-19(9-17(15)8-14)16-4-6-24(13-16)7-5-20/h2-3,8-12,16H,4-7,13H2,1H3. The minimum Gasteiger partial charge on any atom is -0.300 e. The number of halogens is 1. The number of aryl methyl sites for hydroxylation is 1. The zero-order valence-corrected chi connectivity index (χ0v) is 13.8. The molecule has 1 aliphatic heterocycles. The first-order valence-electron chi connectivity index (χ1n) is 8.40. The minimum absolute atomic E-state index is 0.271. The summed E-state index contributed by atoms with van der Waals surface area (Å²) in [5, 5.41) is 6.59. The van der Waals surface area contributed by atoms with Crippen LogP contribution in [0.2, 0.25) is 0 Å². The third-order valence-corrected chi connectivity index (χ3v) is 4.87. The van der Waals surface area contributed by atoms with Crippen LogP contribution >= 0.6 is 0 Å². The van der Waals surface area contributed by atoms with Gasteiger partial charge in [0.1, 0.15) is 6.67 Å². The van der Waals surface area contributed by atoms with Crippen LogP contribution in [0.1, 0.15) is 18.0 Å². The number of aromatic nitrogens is 3. The molecule has 4 nitrogen and oxygen atoms in total. The Morgan fingerprint density at radius 2 is 2.08 bits per heavy atom. The Hall–Kier alpha value is -2.27. The molecule has 1 atom stereocenters. The maximum atomic E-state index is 12.5. The van der Waals surface area contributed by atoms with E-state index < -0.39 is 0 Å². The van der Waals surface area contributed by atoms with Crippen molar-refractivity contribution in [3.63, 3.8) is 0 Å². The first-order chi connectivity index (χ1) is 11.7. The topological polar surface area (TPSA) is 34.0 Å². The lowest BCUT2D eigenvalue weighted by Crippen LogP contribution is -2.22. The molecule has 0 amide bonds. The fourth-order valence-corrected chi connectivity index (χ4v) is 3.53. The molecule has 0 spiro atoms. The van der Waals surface area contributed by atoms with E-state index >= 15 is 0 Å². The van der Waals surface area contributed by atoms with Gasteiger partial charge in [0, 0.05) is 55.1 Å². The summed E-state index contributed by atoms with van der Waals surface area (Å²) in [6.07, 6.45) is 6.92. The Labute approximate surface area is 140 Å². The lowest BCUT2D eigenvalue weighted by atomic mass is 9.99. The molecule has 0 radical (unpaired) electrons. The number of alkyl halides is 1. The van der Waals surface area contributed by atoms with Crippen molar-refractivity contribution in [2.45, 2.75) is 12.3 Å². The van der Waals surface area contributed by atoms with E-state index in [9.17, 15) is 4.39 Å². The average molecular weight is 324 g/mol. The van der Waals surface area contributed by atoms with Gasteiger partial charge in [0.2, 0.25) is 0 Å². The van der Waals surface area contributed by atoms with Gasteiger partial charge in [-0.2, -0.15) is 5.10 Å². The van der Waals surface area contributed by atoms with Crippen molar-refractivity contribution in [3.8, 4) is 11.1 Å². The van der Waals surface area contributed by atoms with Gasteiger partial charge in [0.15, 0.2) is 0 Å². The molecule has 1 unspecified atom stereocenters. The molecule has 24 heavy (non-hydrogen) atoms. The van der Waals surface area contributed by atoms with Gasteiger partial charge in [-0.15, -0.1) is 0 Å². The molecular weight excluding hydrogens is 303 g/mol. The van der Waals surface area contributed by atoms with E-state index in [-0.39, 0.29) is 6.67 Å². The van der Waals surface area contributed by atoms with Gasteiger partial charge in [0.05, 0.1) is 6.20 Å². The van der Waals surface area contributed by atoms with Crippen molar-refractivity contribution in [1.82, 2.24) is 19.7 Å². The molecule has 5 heteroatoms. The van der Waals surface area contributed by atoms with Crippen molar-refractivity contribution in [3.05, 3.63) is 48.5 Å². The van der Waals surface area contributed by atoms with Gasteiger partial charge in [-0.05, 0) is 36.0 Å². The van der Waals surface area contributed by atoms with Gasteiger partial charge in [0.25, 0.3) is 0 Å². The molecule has 3 aromatic rings. The van der Waals surface area contributed by atoms with Crippen LogP contribution in [0.3, 0.4) is 0 Å². The molecule has 124 valence electrons. The van der Waals surface area contributed by atoms with Crippen molar-refractivity contribution >= 4 is 10.8 Å². The van der Waals surface area contributed by atoms with Crippen LogP contribution in [-0.4, -0.2) is 46.0 Å². The molecule has 0 N–H and O–H groups in total. The van der Waals surface area contributed by atoms with Crippen LogP contribution in [-0.2, 0) is 7.05 Å². The summed E-state index contributed by atoms with van der Waals surface area (Å²) in [5.41, 5.74) is 3.40. The van der Waals surface area contributed by atoms with E-state index in [1.54, 1.807) is 0 Å². The summed E-state index contributed by atoms with van der Waals surface area (Å²) >= 11 is 0. The largest absolute Gasteiger partial charge is 0.300 e. The Kier molecular flexibility index (Phi) is 4.02. The highest BCUT2D eigenvalue weighted by atomic mass is 19.1. The first kappa shape index (κ1) is 15.3. The zero-order chi connectivity index (χ0) is 16.5. The summed E-state index contributed by atoms with van der Waals surface area (Å²) in [4.78, 5) is 6.84. The van der Waals surface area contributed by atoms with E-state index in [0.29, 0.717) is 12.5 Å². The second-order valence-electron chi connectivity index (χ2n) is 6.55. The molecule has 1 aromatic carbocycles. The van der Waals surface area contributed by atoms with Crippen molar-refractivity contribution in [2.24, 2.45) is 7.05 Å². The van der Waals surface area contributed by atoms with Crippen LogP contribution in [0.25, 0.3) is 21.9 Å². The van der Waals surface area contributed by atoms with E-state index in [0.717, 1.165) is 36.2 Å². The van der Waals surface area contributed by atoms with Crippen LogP contribution in [0.5, 0.6) is 0 Å². The number of rotatable bonds is 4. The average Bonchev–Trinajstić information content (AvgIpc) is 3.23. The lowest BCUT2D eigenvalue weighted by Gasteiger charge is -2.14. The zero-order valence-electron chi connectivity index (χ0n) is 13.8. The third kappa shape index (κ3) is 2.91. The second-order valence-corrected chi connectivity index (χ2v) is 6.55. The molecule has 0 bridgehead atoms. The lowest BCUT2D eigenvalue weighted by molar-refractivity contribution is 0.294. The third-order valence-electron chi connectivity index (χ3n) is 4.87. The fraction of sp³-hybridized carbons (Fsp3) is 0.368. The van der Waals surface area contributed by atoms with Crippen LogP contribution in [0.15, 0.2) is 42.9 Å². The number of likely N-dealkylation sites (tertiary alicyclic amines) is 1. The highest BCUT2D eigenvalue weighted by molar-refractivity contribution is 5.86. The van der Waals surface area contributed by atoms with Gasteiger partial charge in [-0.1, -0.05) is 12.1 Å². The van der Waals surface area contributed by atoms with E-state index in [4.69, 9.17) is 0 Å². The number of hydrogen-bond donors (Lipinski definition) is 0. The number of fused-ring (bicyclic) bond motifs is 1. The molecular formula is C19H21FN4. The predicted octanol–water partition coefficient (Wildman–Crippen LogP) is 3.39. The summed E-state index contributed by atoms with van der Waals surface area (Å²) in [5.74, 6) is 0.406. The minimum atomic E-state index is -0.271. The van der Waals surface area contributed by atoms with E-state index in [1.807, 2.05) is 30.3 Å². The van der Waals surface area contributed by atoms with E-state index in [2.05, 4.69) is 39.2 Å². The monoisotopic (exact) mass is 324 g/mol. The molecule has 4 rings (SSSR count). The van der Waals surface area contributed by atoms with Crippen molar-refractivity contribution < 1.29 is 4.39 Å². The maximum Gasteiger partial charge on any atom is 0.102 e. The Morgan fingerprint density at radius 3 is 2.88 bits per heavy atom. The van der Waals surface area contributed by atoms with Crippen molar-refractivity contribution in [2.75, 3.05) is 26.3 Å². The molecule has 1 fully saturated rings. The van der Waals surface area contributed by atoms with E-state index in [1.165, 1.54) is 10.9 Å². The molecule has 1 saturated heterocycles. The number of benzene rings is 1. The van der Waals surface area contributed by atoms with Crippen LogP contribution < -0.4 is 0 Å². The number of nitrogens with zero attached hydrogens (tertiary/aromatic N) is 4. The SMILES string of the molecule is Cn1cc(-c2ccc3cnc(C4CCN(CCF)C4)cc3c2)cn1. The summed E-state index contributed by atoms with van der Waals surface area (Å²) in [6, 6.07) is 8.61. The molecule has 3 heterocycles. The van der Waals surface area contributed by atoms with Crippen LogP contribution in [0, 0.1) is 0 Å². The summed E-state index contributed by atoms with van der Waals surface area (Å²) in [6.45, 7) is 2.14. The normalized spacial score (nSPS) is 18.5. The van der Waals surface area contributed by atoms with Gasteiger partial charge >= 0.3 is 0 Å². The first-order valence-corrected chi connectivity index (χ1v) is 8.40. The Bertz CT molecular complexity index is 857. The second kappa shape index (κ2) is 6.32. The summed E-state index contributed by atoms with van der Waals surface area (Å²) in [7, 11) is 1.93. The van der Waals surface area contributed by atoms with Crippen molar-refractivity contribution in [1.29, 1.82) is 0 Å². The molecule has 2 aromatic heterocycles. The van der Waals surface area contributed by atoms with Gasteiger partial charge in [-0.3, -0.25) is 9.67 Å². The fourth-order valence-electron chi connectivity index (χ4n) is 3.53. The maximum absolute atomic E-state index is 12.5. The number of hydrogen-bond acceptors (Lipinski definition) is 3. The van der Waals surface area contributed by atoms with Gasteiger partial charge < -0.3 is 4.90 Å². The Balaban J connectivity index is 1.64. The van der Waals surface area contributed by atoms with Crippen LogP contribution in [0.4, 0.5) is 4.39 Å². The smallest absolute Gasteiger partial charge is 0.102 e. The van der Waals surface area contributed by atoms with Gasteiger partial charge in [-0.25, -0.2) is 4.39 Å². The summed E-state index contributed by atoms with van der Waals surface area (Å²) < 4.78 is 14.3. The molecule has 1 aliphatic rings. The predicted molar refractivity (Wildman–Crippen MR) is 93.7 cm³/mol. The highest BCUT2D eigenvalue weighted by Gasteiger charge is 2.24. The Morgan fingerprint density at radius 1 is 1.17 bits per heavy atom. The number of pyridine rings is 1. The molecule has 0 saturated carbocycles. The molecule has 0 aliphatic carbocycles.